The minimum absolute atomic E-state index is 0.503. The zero-order chi connectivity index (χ0) is 14.7. The van der Waals surface area contributed by atoms with Gasteiger partial charge in [-0.1, -0.05) is 23.9 Å². The number of rotatable bonds is 4. The van der Waals surface area contributed by atoms with Gasteiger partial charge in [-0.05, 0) is 40.2 Å². The lowest BCUT2D eigenvalue weighted by Crippen LogP contribution is -1.87. The van der Waals surface area contributed by atoms with Crippen LogP contribution in [0.4, 0.5) is 5.69 Å². The number of nitrogens with zero attached hydrogens (tertiary/aromatic N) is 3. The van der Waals surface area contributed by atoms with Gasteiger partial charge in [0.1, 0.15) is 0 Å². The largest absolute Gasteiger partial charge is 0.420 e. The number of nitrogens with two attached hydrogens (primary N) is 1. The fourth-order valence-corrected chi connectivity index (χ4v) is 2.80. The minimum Gasteiger partial charge on any atom is -0.420 e. The number of benzene rings is 1. The second kappa shape index (κ2) is 6.28. The molecule has 106 valence electrons. The smallest absolute Gasteiger partial charge is 0.248 e. The van der Waals surface area contributed by atoms with Crippen molar-refractivity contribution in [2.75, 3.05) is 5.73 Å². The standard InChI is InChI=1S/C14H11BrN4OS/c15-11-4-2-1-3-10(11)14-19-18-12(20-14)8-21-13-6-5-9(16)7-17-13/h1-7H,8,16H2. The van der Waals surface area contributed by atoms with Gasteiger partial charge in [-0.15, -0.1) is 10.2 Å². The van der Waals surface area contributed by atoms with E-state index in [2.05, 4.69) is 31.1 Å². The van der Waals surface area contributed by atoms with E-state index in [1.54, 1.807) is 6.20 Å². The molecule has 0 unspecified atom stereocenters. The van der Waals surface area contributed by atoms with Gasteiger partial charge in [0.2, 0.25) is 11.8 Å². The van der Waals surface area contributed by atoms with E-state index < -0.39 is 0 Å². The predicted octanol–water partition coefficient (Wildman–Crippen LogP) is 3.77. The van der Waals surface area contributed by atoms with Gasteiger partial charge in [0, 0.05) is 4.47 Å². The Morgan fingerprint density at radius 2 is 2.00 bits per heavy atom. The molecule has 2 aromatic heterocycles. The van der Waals surface area contributed by atoms with Crippen LogP contribution in [-0.2, 0) is 5.75 Å². The van der Waals surface area contributed by atoms with Crippen molar-refractivity contribution >= 4 is 33.4 Å². The first-order valence-corrected chi connectivity index (χ1v) is 7.92. The van der Waals surface area contributed by atoms with Crippen molar-refractivity contribution in [3.05, 3.63) is 53.0 Å². The molecule has 21 heavy (non-hydrogen) atoms. The molecule has 7 heteroatoms. The van der Waals surface area contributed by atoms with Crippen molar-refractivity contribution < 1.29 is 4.42 Å². The monoisotopic (exact) mass is 362 g/mol. The second-order valence-corrected chi connectivity index (χ2v) is 6.05. The lowest BCUT2D eigenvalue weighted by Gasteiger charge is -1.98. The molecule has 2 N–H and O–H groups in total. The second-order valence-electron chi connectivity index (χ2n) is 4.20. The summed E-state index contributed by atoms with van der Waals surface area (Å²) in [7, 11) is 0. The number of aromatic nitrogens is 3. The summed E-state index contributed by atoms with van der Waals surface area (Å²) in [6.45, 7) is 0. The lowest BCUT2D eigenvalue weighted by atomic mass is 10.2. The van der Waals surface area contributed by atoms with Gasteiger partial charge in [-0.25, -0.2) is 4.98 Å². The topological polar surface area (TPSA) is 77.8 Å². The molecule has 0 aliphatic rings. The zero-order valence-corrected chi connectivity index (χ0v) is 13.3. The van der Waals surface area contributed by atoms with E-state index in [-0.39, 0.29) is 0 Å². The van der Waals surface area contributed by atoms with Gasteiger partial charge >= 0.3 is 0 Å². The third kappa shape index (κ3) is 3.43. The highest BCUT2D eigenvalue weighted by molar-refractivity contribution is 9.10. The summed E-state index contributed by atoms with van der Waals surface area (Å²) in [5.41, 5.74) is 7.13. The number of pyridine rings is 1. The van der Waals surface area contributed by atoms with Crippen molar-refractivity contribution in [2.24, 2.45) is 0 Å². The fourth-order valence-electron chi connectivity index (χ4n) is 1.67. The molecule has 0 spiro atoms. The molecule has 5 nitrogen and oxygen atoms in total. The number of anilines is 1. The van der Waals surface area contributed by atoms with Gasteiger partial charge in [-0.2, -0.15) is 0 Å². The molecule has 0 fully saturated rings. The molecule has 0 aliphatic heterocycles. The molecule has 1 aromatic carbocycles. The van der Waals surface area contributed by atoms with Crippen LogP contribution in [0, 0.1) is 0 Å². The molecule has 3 rings (SSSR count). The summed E-state index contributed by atoms with van der Waals surface area (Å²) >= 11 is 4.99. The average molecular weight is 363 g/mol. The Morgan fingerprint density at radius 3 is 2.76 bits per heavy atom. The Bertz CT molecular complexity index is 745. The first kappa shape index (κ1) is 14.1. The van der Waals surface area contributed by atoms with Gasteiger partial charge in [0.05, 0.1) is 28.2 Å². The third-order valence-electron chi connectivity index (χ3n) is 2.67. The number of thioether (sulfide) groups is 1. The van der Waals surface area contributed by atoms with E-state index >= 15 is 0 Å². The summed E-state index contributed by atoms with van der Waals surface area (Å²) in [6, 6.07) is 11.4. The minimum atomic E-state index is 0.503. The molecular weight excluding hydrogens is 352 g/mol. The van der Waals surface area contributed by atoms with Gasteiger partial charge in [-0.3, -0.25) is 0 Å². The Labute approximate surface area is 134 Å². The summed E-state index contributed by atoms with van der Waals surface area (Å²) in [4.78, 5) is 4.21. The Hall–Kier alpha value is -1.86. The third-order valence-corrected chi connectivity index (χ3v) is 4.29. The van der Waals surface area contributed by atoms with E-state index in [4.69, 9.17) is 10.2 Å². The van der Waals surface area contributed by atoms with Crippen molar-refractivity contribution in [1.29, 1.82) is 0 Å². The van der Waals surface area contributed by atoms with Crippen LogP contribution in [0.15, 0.2) is 56.5 Å². The van der Waals surface area contributed by atoms with E-state index in [1.807, 2.05) is 36.4 Å². The molecule has 0 bridgehead atoms. The molecule has 0 saturated carbocycles. The predicted molar refractivity (Wildman–Crippen MR) is 85.6 cm³/mol. The van der Waals surface area contributed by atoms with Crippen LogP contribution < -0.4 is 5.73 Å². The molecule has 0 atom stereocenters. The molecule has 0 aliphatic carbocycles. The van der Waals surface area contributed by atoms with Crippen LogP contribution in [0.25, 0.3) is 11.5 Å². The van der Waals surface area contributed by atoms with Crippen LogP contribution in [0.1, 0.15) is 5.89 Å². The molecule has 3 aromatic rings. The van der Waals surface area contributed by atoms with Crippen LogP contribution in [0.5, 0.6) is 0 Å². The fraction of sp³-hybridized carbons (Fsp3) is 0.0714. The van der Waals surface area contributed by atoms with Gasteiger partial charge in [0.15, 0.2) is 0 Å². The van der Waals surface area contributed by atoms with Crippen LogP contribution in [0.2, 0.25) is 0 Å². The molecular formula is C14H11BrN4OS. The van der Waals surface area contributed by atoms with E-state index in [0.717, 1.165) is 15.1 Å². The summed E-state index contributed by atoms with van der Waals surface area (Å²) < 4.78 is 6.59. The molecule has 0 radical (unpaired) electrons. The highest BCUT2D eigenvalue weighted by Crippen LogP contribution is 2.28. The van der Waals surface area contributed by atoms with E-state index in [1.165, 1.54) is 11.8 Å². The number of hydrogen-bond donors (Lipinski definition) is 1. The molecule has 2 heterocycles. The summed E-state index contributed by atoms with van der Waals surface area (Å²) in [6.07, 6.45) is 1.63. The van der Waals surface area contributed by atoms with Gasteiger partial charge in [0.25, 0.3) is 0 Å². The zero-order valence-electron chi connectivity index (χ0n) is 10.9. The highest BCUT2D eigenvalue weighted by atomic mass is 79.9. The SMILES string of the molecule is Nc1ccc(SCc2nnc(-c3ccccc3Br)o2)nc1. The van der Waals surface area contributed by atoms with E-state index in [9.17, 15) is 0 Å². The summed E-state index contributed by atoms with van der Waals surface area (Å²) in [5, 5.41) is 8.99. The average Bonchev–Trinajstić information content (AvgIpc) is 2.96. The first-order chi connectivity index (χ1) is 10.2. The number of halogens is 1. The van der Waals surface area contributed by atoms with Crippen molar-refractivity contribution in [2.45, 2.75) is 10.8 Å². The maximum atomic E-state index is 5.67. The number of hydrogen-bond acceptors (Lipinski definition) is 6. The van der Waals surface area contributed by atoms with Crippen LogP contribution >= 0.6 is 27.7 Å². The summed E-state index contributed by atoms with van der Waals surface area (Å²) in [5.74, 6) is 1.63. The van der Waals surface area contributed by atoms with E-state index in [0.29, 0.717) is 23.2 Å². The Kier molecular flexibility index (Phi) is 4.21. The number of nitrogen functional groups attached to an aromatic ring is 1. The Balaban J connectivity index is 1.71. The van der Waals surface area contributed by atoms with Crippen LogP contribution in [0.3, 0.4) is 0 Å². The lowest BCUT2D eigenvalue weighted by molar-refractivity contribution is 0.528. The Morgan fingerprint density at radius 1 is 1.14 bits per heavy atom. The maximum Gasteiger partial charge on any atom is 0.248 e. The van der Waals surface area contributed by atoms with Crippen LogP contribution in [-0.4, -0.2) is 15.2 Å². The van der Waals surface area contributed by atoms with Crippen molar-refractivity contribution in [1.82, 2.24) is 15.2 Å². The normalized spacial score (nSPS) is 10.7. The van der Waals surface area contributed by atoms with Crippen molar-refractivity contribution in [3.63, 3.8) is 0 Å². The molecule has 0 saturated heterocycles. The van der Waals surface area contributed by atoms with Gasteiger partial charge < -0.3 is 10.2 Å². The quantitative estimate of drug-likeness (QED) is 0.711. The maximum absolute atomic E-state index is 5.67. The highest BCUT2D eigenvalue weighted by Gasteiger charge is 2.11. The first-order valence-electron chi connectivity index (χ1n) is 6.14. The molecule has 0 amide bonds. The van der Waals surface area contributed by atoms with Crippen molar-refractivity contribution in [3.8, 4) is 11.5 Å².